The summed E-state index contributed by atoms with van der Waals surface area (Å²) in [5.74, 6) is 0.608. The van der Waals surface area contributed by atoms with E-state index < -0.39 is 23.9 Å². The summed E-state index contributed by atoms with van der Waals surface area (Å²) in [5.41, 5.74) is 2.04. The Labute approximate surface area is 182 Å². The first kappa shape index (κ1) is 20.9. The van der Waals surface area contributed by atoms with Gasteiger partial charge in [-0.1, -0.05) is 36.3 Å². The van der Waals surface area contributed by atoms with Crippen LogP contribution >= 0.6 is 11.5 Å². The smallest absolute Gasteiger partial charge is 0.321 e. The predicted molar refractivity (Wildman–Crippen MR) is 116 cm³/mol. The van der Waals surface area contributed by atoms with Gasteiger partial charge < -0.3 is 10.2 Å². The van der Waals surface area contributed by atoms with Crippen LogP contribution in [-0.4, -0.2) is 28.2 Å². The molecule has 2 aromatic carbocycles. The van der Waals surface area contributed by atoms with Crippen molar-refractivity contribution in [3.8, 4) is 11.8 Å². The molecule has 0 radical (unpaired) electrons. The van der Waals surface area contributed by atoms with Gasteiger partial charge in [-0.25, -0.2) is 0 Å². The molecule has 0 saturated carbocycles. The molecule has 2 amide bonds. The van der Waals surface area contributed by atoms with E-state index in [1.54, 1.807) is 17.9 Å². The molecule has 0 bridgehead atoms. The summed E-state index contributed by atoms with van der Waals surface area (Å²) in [6.07, 6.45) is -0.0747. The Morgan fingerprint density at radius 3 is 2.68 bits per heavy atom. The molecule has 0 aliphatic carbocycles. The molecule has 2 heterocycles. The second-order valence-electron chi connectivity index (χ2n) is 7.38. The fourth-order valence-corrected chi connectivity index (χ4v) is 4.55. The highest BCUT2D eigenvalue weighted by Gasteiger charge is 2.45. The number of rotatable bonds is 4. The molecule has 1 aliphatic rings. The summed E-state index contributed by atoms with van der Waals surface area (Å²) in [4.78, 5) is 26.5. The molecule has 5 nitrogen and oxygen atoms in total. The first-order valence-electron chi connectivity index (χ1n) is 9.67. The van der Waals surface area contributed by atoms with Gasteiger partial charge in [-0.3, -0.25) is 9.59 Å². The van der Waals surface area contributed by atoms with Gasteiger partial charge in [0, 0.05) is 24.4 Å². The molecule has 158 valence electrons. The van der Waals surface area contributed by atoms with Crippen molar-refractivity contribution in [2.24, 2.45) is 0 Å². The number of anilines is 1. The minimum Gasteiger partial charge on any atom is -0.345 e. The van der Waals surface area contributed by atoms with Crippen molar-refractivity contribution in [3.63, 3.8) is 0 Å². The molecule has 1 aromatic heterocycles. The largest absolute Gasteiger partial charge is 0.345 e. The summed E-state index contributed by atoms with van der Waals surface area (Å²) in [5, 5.41) is 3.27. The van der Waals surface area contributed by atoms with Crippen LogP contribution in [0.15, 0.2) is 48.5 Å². The summed E-state index contributed by atoms with van der Waals surface area (Å²) < 4.78 is 32.3. The zero-order chi connectivity index (χ0) is 22.2. The van der Waals surface area contributed by atoms with Crippen molar-refractivity contribution in [2.75, 3.05) is 4.90 Å². The highest BCUT2D eigenvalue weighted by molar-refractivity contribution is 7.13. The number of nitrogens with zero attached hydrogens (tertiary/aromatic N) is 2. The number of amides is 2. The molecule has 0 spiro atoms. The van der Waals surface area contributed by atoms with E-state index in [-0.39, 0.29) is 12.3 Å². The maximum absolute atomic E-state index is 13.5. The number of benzene rings is 2. The molecule has 1 saturated heterocycles. The third kappa shape index (κ3) is 4.01. The number of nitrogens with one attached hydrogen (secondary N) is 1. The second-order valence-corrected chi connectivity index (χ2v) is 8.18. The molecule has 2 atom stereocenters. The van der Waals surface area contributed by atoms with E-state index in [0.29, 0.717) is 18.3 Å². The van der Waals surface area contributed by atoms with Crippen LogP contribution < -0.4 is 10.2 Å². The van der Waals surface area contributed by atoms with E-state index in [2.05, 4.69) is 21.5 Å². The first-order chi connectivity index (χ1) is 14.8. The van der Waals surface area contributed by atoms with E-state index in [9.17, 15) is 18.4 Å². The quantitative estimate of drug-likeness (QED) is 0.617. The standard InChI is InChI=1S/C23H19F2N3O2S/c1-3-7-17-16-11-10-15(12-19(16)31-27-17)28-20(29)13-18(26-22(30)23(2,24)25)21(28)14-8-5-4-6-9-14/h4-6,8-12,18,21H,13H2,1-2H3,(H,26,30)/t18-,21+/m0/s1. The zero-order valence-corrected chi connectivity index (χ0v) is 17.7. The van der Waals surface area contributed by atoms with Gasteiger partial charge in [0.1, 0.15) is 5.69 Å². The van der Waals surface area contributed by atoms with Crippen LogP contribution in [0.25, 0.3) is 10.1 Å². The molecule has 31 heavy (non-hydrogen) atoms. The van der Waals surface area contributed by atoms with Crippen molar-refractivity contribution in [3.05, 3.63) is 59.8 Å². The fraction of sp³-hybridized carbons (Fsp3) is 0.261. The van der Waals surface area contributed by atoms with E-state index in [1.165, 1.54) is 11.5 Å². The van der Waals surface area contributed by atoms with Gasteiger partial charge in [-0.15, -0.1) is 0 Å². The SMILES string of the molecule is CC#Cc1nsc2cc(N3C(=O)C[C@H](NC(=O)C(C)(F)F)[C@H]3c3ccccc3)ccc12. The number of hydrogen-bond acceptors (Lipinski definition) is 4. The van der Waals surface area contributed by atoms with Gasteiger partial charge in [0.25, 0.3) is 5.91 Å². The van der Waals surface area contributed by atoms with Crippen molar-refractivity contribution in [1.29, 1.82) is 0 Å². The van der Waals surface area contributed by atoms with Gasteiger partial charge in [0.15, 0.2) is 0 Å². The number of alkyl halides is 2. The third-order valence-electron chi connectivity index (χ3n) is 5.16. The van der Waals surface area contributed by atoms with Gasteiger partial charge in [0.2, 0.25) is 5.91 Å². The van der Waals surface area contributed by atoms with E-state index >= 15 is 0 Å². The Kier molecular flexibility index (Phi) is 5.46. The number of aromatic nitrogens is 1. The topological polar surface area (TPSA) is 62.3 Å². The van der Waals surface area contributed by atoms with Crippen LogP contribution in [0.3, 0.4) is 0 Å². The van der Waals surface area contributed by atoms with E-state index in [1.807, 2.05) is 42.5 Å². The van der Waals surface area contributed by atoms with Crippen molar-refractivity contribution in [2.45, 2.75) is 38.3 Å². The molecule has 1 N–H and O–H groups in total. The van der Waals surface area contributed by atoms with Crippen LogP contribution in [0.4, 0.5) is 14.5 Å². The summed E-state index contributed by atoms with van der Waals surface area (Å²) in [6.45, 7) is 2.28. The van der Waals surface area contributed by atoms with Crippen LogP contribution in [0, 0.1) is 11.8 Å². The van der Waals surface area contributed by atoms with Gasteiger partial charge in [0.05, 0.1) is 16.8 Å². The number of carbonyl (C=O) groups is 2. The first-order valence-corrected chi connectivity index (χ1v) is 10.4. The summed E-state index contributed by atoms with van der Waals surface area (Å²) in [7, 11) is 0. The maximum atomic E-state index is 13.5. The van der Waals surface area contributed by atoms with Crippen molar-refractivity contribution >= 4 is 39.1 Å². The Morgan fingerprint density at radius 1 is 1.26 bits per heavy atom. The lowest BCUT2D eigenvalue weighted by Gasteiger charge is -2.29. The summed E-state index contributed by atoms with van der Waals surface area (Å²) >= 11 is 1.28. The third-order valence-corrected chi connectivity index (χ3v) is 5.96. The molecule has 0 unspecified atom stereocenters. The normalized spacial score (nSPS) is 18.7. The van der Waals surface area contributed by atoms with E-state index in [0.717, 1.165) is 15.6 Å². The zero-order valence-electron chi connectivity index (χ0n) is 16.9. The van der Waals surface area contributed by atoms with E-state index in [4.69, 9.17) is 0 Å². The van der Waals surface area contributed by atoms with Crippen LogP contribution in [-0.2, 0) is 9.59 Å². The highest BCUT2D eigenvalue weighted by Crippen LogP contribution is 2.39. The Balaban J connectivity index is 1.76. The lowest BCUT2D eigenvalue weighted by molar-refractivity contribution is -0.143. The molecule has 8 heteroatoms. The number of carbonyl (C=O) groups excluding carboxylic acids is 2. The minimum atomic E-state index is -3.53. The average molecular weight is 439 g/mol. The fourth-order valence-electron chi connectivity index (χ4n) is 3.78. The number of halogens is 2. The van der Waals surface area contributed by atoms with Crippen LogP contribution in [0.1, 0.15) is 37.6 Å². The monoisotopic (exact) mass is 439 g/mol. The molecular weight excluding hydrogens is 420 g/mol. The van der Waals surface area contributed by atoms with Gasteiger partial charge >= 0.3 is 5.92 Å². The molecule has 1 fully saturated rings. The number of fused-ring (bicyclic) bond motifs is 1. The Bertz CT molecular complexity index is 1210. The molecular formula is C23H19F2N3O2S. The summed E-state index contributed by atoms with van der Waals surface area (Å²) in [6, 6.07) is 13.2. The molecule has 1 aliphatic heterocycles. The predicted octanol–water partition coefficient (Wildman–Crippen LogP) is 4.29. The van der Waals surface area contributed by atoms with Crippen molar-refractivity contribution in [1.82, 2.24) is 9.69 Å². The highest BCUT2D eigenvalue weighted by atomic mass is 32.1. The van der Waals surface area contributed by atoms with Gasteiger partial charge in [-0.2, -0.15) is 13.2 Å². The van der Waals surface area contributed by atoms with Crippen LogP contribution in [0.2, 0.25) is 0 Å². The van der Waals surface area contributed by atoms with Crippen molar-refractivity contribution < 1.29 is 18.4 Å². The minimum absolute atomic E-state index is 0.0747. The Morgan fingerprint density at radius 2 is 2.00 bits per heavy atom. The molecule has 4 rings (SSSR count). The maximum Gasteiger partial charge on any atom is 0.321 e. The Hall–Kier alpha value is -3.31. The molecule has 3 aromatic rings. The average Bonchev–Trinajstić information content (AvgIpc) is 3.28. The lowest BCUT2D eigenvalue weighted by atomic mass is 9.99. The van der Waals surface area contributed by atoms with Gasteiger partial charge in [-0.05, 0) is 48.1 Å². The second kappa shape index (κ2) is 8.08. The van der Waals surface area contributed by atoms with Crippen LogP contribution in [0.5, 0.6) is 0 Å². The lowest BCUT2D eigenvalue weighted by Crippen LogP contribution is -2.46. The number of hydrogen-bond donors (Lipinski definition) is 1.